The van der Waals surface area contributed by atoms with E-state index in [2.05, 4.69) is 9.97 Å². The largest absolute Gasteiger partial charge is 0.463 e. The van der Waals surface area contributed by atoms with Crippen molar-refractivity contribution in [2.24, 2.45) is 0 Å². The van der Waals surface area contributed by atoms with Gasteiger partial charge in [-0.3, -0.25) is 4.79 Å². The van der Waals surface area contributed by atoms with Crippen LogP contribution in [0.25, 0.3) is 11.5 Å². The molecule has 64 valence electrons. The fraction of sp³-hybridized carbons (Fsp3) is 0. The van der Waals surface area contributed by atoms with Gasteiger partial charge in [0.2, 0.25) is 0 Å². The molecule has 2 rings (SSSR count). The zero-order chi connectivity index (χ0) is 9.10. The molecule has 0 radical (unpaired) electrons. The summed E-state index contributed by atoms with van der Waals surface area (Å²) >= 11 is 0. The quantitative estimate of drug-likeness (QED) is 0.648. The molecule has 4 heteroatoms. The van der Waals surface area contributed by atoms with Crippen molar-refractivity contribution >= 4 is 6.29 Å². The molecule has 0 N–H and O–H groups in total. The molecular weight excluding hydrogens is 168 g/mol. The van der Waals surface area contributed by atoms with Crippen LogP contribution in [0.4, 0.5) is 0 Å². The van der Waals surface area contributed by atoms with Crippen LogP contribution in [0.1, 0.15) is 10.5 Å². The van der Waals surface area contributed by atoms with Crippen LogP contribution in [0.2, 0.25) is 0 Å². The number of rotatable bonds is 2. The van der Waals surface area contributed by atoms with Gasteiger partial charge in [-0.2, -0.15) is 0 Å². The Kier molecular flexibility index (Phi) is 1.88. The Morgan fingerprint density at radius 3 is 3.00 bits per heavy atom. The topological polar surface area (TPSA) is 56.0 Å². The van der Waals surface area contributed by atoms with Crippen LogP contribution in [-0.4, -0.2) is 16.3 Å². The Morgan fingerprint density at radius 1 is 1.38 bits per heavy atom. The van der Waals surface area contributed by atoms with Gasteiger partial charge in [0.15, 0.2) is 12.0 Å². The van der Waals surface area contributed by atoms with Crippen molar-refractivity contribution in [3.05, 3.63) is 36.5 Å². The van der Waals surface area contributed by atoms with Gasteiger partial charge in [-0.1, -0.05) is 0 Å². The van der Waals surface area contributed by atoms with Crippen molar-refractivity contribution in [3.8, 4) is 11.5 Å². The predicted molar refractivity (Wildman–Crippen MR) is 45.1 cm³/mol. The highest BCUT2D eigenvalue weighted by Gasteiger charge is 2.02. The standard InChI is InChI=1S/C9H6N2O2/c12-5-7-4-8(11-6-10-7)9-2-1-3-13-9/h1-6H. The van der Waals surface area contributed by atoms with Crippen LogP contribution in [-0.2, 0) is 0 Å². The molecule has 0 spiro atoms. The first kappa shape index (κ1) is 7.67. The van der Waals surface area contributed by atoms with Crippen molar-refractivity contribution in [2.45, 2.75) is 0 Å². The summed E-state index contributed by atoms with van der Waals surface area (Å²) in [4.78, 5) is 18.1. The maximum absolute atomic E-state index is 10.4. The summed E-state index contributed by atoms with van der Waals surface area (Å²) in [7, 11) is 0. The minimum atomic E-state index is 0.349. The Bertz CT molecular complexity index is 409. The van der Waals surface area contributed by atoms with Gasteiger partial charge >= 0.3 is 0 Å². The minimum Gasteiger partial charge on any atom is -0.463 e. The third-order valence-electron chi connectivity index (χ3n) is 1.58. The second kappa shape index (κ2) is 3.18. The first-order valence-corrected chi connectivity index (χ1v) is 3.71. The smallest absolute Gasteiger partial charge is 0.168 e. The fourth-order valence-electron chi connectivity index (χ4n) is 0.996. The highest BCUT2D eigenvalue weighted by molar-refractivity contribution is 5.73. The van der Waals surface area contributed by atoms with Crippen LogP contribution in [0, 0.1) is 0 Å². The molecule has 4 nitrogen and oxygen atoms in total. The highest BCUT2D eigenvalue weighted by Crippen LogP contribution is 2.16. The van der Waals surface area contributed by atoms with Gasteiger partial charge in [-0.15, -0.1) is 0 Å². The molecule has 0 unspecified atom stereocenters. The van der Waals surface area contributed by atoms with Crippen LogP contribution in [0.5, 0.6) is 0 Å². The number of furan rings is 1. The normalized spacial score (nSPS) is 9.85. The summed E-state index contributed by atoms with van der Waals surface area (Å²) in [6.45, 7) is 0. The van der Waals surface area contributed by atoms with E-state index in [-0.39, 0.29) is 0 Å². The van der Waals surface area contributed by atoms with Crippen molar-refractivity contribution in [1.82, 2.24) is 9.97 Å². The molecule has 2 heterocycles. The van der Waals surface area contributed by atoms with Crippen molar-refractivity contribution in [2.75, 3.05) is 0 Å². The van der Waals surface area contributed by atoms with Gasteiger partial charge in [-0.05, 0) is 18.2 Å². The highest BCUT2D eigenvalue weighted by atomic mass is 16.3. The molecule has 13 heavy (non-hydrogen) atoms. The summed E-state index contributed by atoms with van der Waals surface area (Å²) in [6, 6.07) is 5.11. The van der Waals surface area contributed by atoms with Gasteiger partial charge in [-0.25, -0.2) is 9.97 Å². The summed E-state index contributed by atoms with van der Waals surface area (Å²) < 4.78 is 5.11. The maximum atomic E-state index is 10.4. The van der Waals surface area contributed by atoms with Crippen LogP contribution in [0.15, 0.2) is 35.2 Å². The minimum absolute atomic E-state index is 0.349. The Balaban J connectivity index is 2.47. The number of carbonyl (C=O) groups excluding carboxylic acids is 1. The summed E-state index contributed by atoms with van der Waals surface area (Å²) in [5, 5.41) is 0. The number of aldehydes is 1. The fourth-order valence-corrected chi connectivity index (χ4v) is 0.996. The number of hydrogen-bond acceptors (Lipinski definition) is 4. The molecule has 0 saturated heterocycles. The van der Waals surface area contributed by atoms with E-state index in [0.717, 1.165) is 0 Å². The number of nitrogens with zero attached hydrogens (tertiary/aromatic N) is 2. The summed E-state index contributed by atoms with van der Waals surface area (Å²) in [6.07, 6.45) is 3.56. The molecule has 0 aromatic carbocycles. The van der Waals surface area contributed by atoms with E-state index in [0.29, 0.717) is 23.4 Å². The lowest BCUT2D eigenvalue weighted by atomic mass is 10.3. The van der Waals surface area contributed by atoms with E-state index in [4.69, 9.17) is 4.42 Å². The lowest BCUT2D eigenvalue weighted by molar-refractivity contribution is 0.111. The van der Waals surface area contributed by atoms with E-state index in [1.165, 1.54) is 6.33 Å². The average molecular weight is 174 g/mol. The monoisotopic (exact) mass is 174 g/mol. The molecule has 0 fully saturated rings. The molecule has 0 atom stereocenters. The lowest BCUT2D eigenvalue weighted by Crippen LogP contribution is -1.89. The van der Waals surface area contributed by atoms with Crippen molar-refractivity contribution in [3.63, 3.8) is 0 Å². The van der Waals surface area contributed by atoms with Gasteiger partial charge in [0, 0.05) is 0 Å². The molecule has 0 aliphatic carbocycles. The molecule has 0 amide bonds. The van der Waals surface area contributed by atoms with Crippen LogP contribution in [0.3, 0.4) is 0 Å². The third-order valence-corrected chi connectivity index (χ3v) is 1.58. The third kappa shape index (κ3) is 1.46. The van der Waals surface area contributed by atoms with E-state index in [1.54, 1.807) is 24.5 Å². The van der Waals surface area contributed by atoms with Gasteiger partial charge in [0.05, 0.1) is 6.26 Å². The number of carbonyl (C=O) groups is 1. The average Bonchev–Trinajstić information content (AvgIpc) is 2.71. The van der Waals surface area contributed by atoms with Crippen LogP contribution >= 0.6 is 0 Å². The van der Waals surface area contributed by atoms with Crippen molar-refractivity contribution in [1.29, 1.82) is 0 Å². The molecule has 0 saturated carbocycles. The second-order valence-corrected chi connectivity index (χ2v) is 2.42. The molecule has 0 aliphatic heterocycles. The van der Waals surface area contributed by atoms with Gasteiger partial charge < -0.3 is 4.42 Å². The zero-order valence-corrected chi connectivity index (χ0v) is 6.68. The van der Waals surface area contributed by atoms with E-state index >= 15 is 0 Å². The SMILES string of the molecule is O=Cc1cc(-c2ccco2)ncn1. The Morgan fingerprint density at radius 2 is 2.31 bits per heavy atom. The molecule has 0 aliphatic rings. The maximum Gasteiger partial charge on any atom is 0.168 e. The Labute approximate surface area is 74.2 Å². The predicted octanol–water partition coefficient (Wildman–Crippen LogP) is 1.55. The van der Waals surface area contributed by atoms with E-state index < -0.39 is 0 Å². The number of hydrogen-bond donors (Lipinski definition) is 0. The van der Waals surface area contributed by atoms with Gasteiger partial charge in [0.1, 0.15) is 17.7 Å². The molecule has 2 aromatic heterocycles. The van der Waals surface area contributed by atoms with Gasteiger partial charge in [0.25, 0.3) is 0 Å². The van der Waals surface area contributed by atoms with E-state index in [9.17, 15) is 4.79 Å². The van der Waals surface area contributed by atoms with Crippen molar-refractivity contribution < 1.29 is 9.21 Å². The van der Waals surface area contributed by atoms with E-state index in [1.807, 2.05) is 0 Å². The number of aromatic nitrogens is 2. The Hall–Kier alpha value is -1.97. The summed E-state index contributed by atoms with van der Waals surface area (Å²) in [5.41, 5.74) is 0.962. The first-order valence-electron chi connectivity index (χ1n) is 3.71. The molecular formula is C9H6N2O2. The molecule has 0 bridgehead atoms. The lowest BCUT2D eigenvalue weighted by Gasteiger charge is -1.94. The van der Waals surface area contributed by atoms with Crippen LogP contribution < -0.4 is 0 Å². The molecule has 2 aromatic rings. The second-order valence-electron chi connectivity index (χ2n) is 2.42. The summed E-state index contributed by atoms with van der Waals surface area (Å²) in [5.74, 6) is 0.630. The zero-order valence-electron chi connectivity index (χ0n) is 6.68. The first-order chi connectivity index (χ1) is 6.40.